The number of carbonyl (C=O) groups excluding carboxylic acids is 1. The van der Waals surface area contributed by atoms with Gasteiger partial charge < -0.3 is 29.6 Å². The third-order valence-electron chi connectivity index (χ3n) is 4.71. The highest BCUT2D eigenvalue weighted by Gasteiger charge is 2.29. The number of alkyl halides is 3. The van der Waals surface area contributed by atoms with E-state index < -0.39 is 24.8 Å². The fourth-order valence-corrected chi connectivity index (χ4v) is 2.97. The predicted molar refractivity (Wildman–Crippen MR) is 116 cm³/mol. The maximum absolute atomic E-state index is 12.7. The number of ether oxygens (including phenoxy) is 4. The fraction of sp³-hybridized carbons (Fsp3) is 0.524. The molecule has 1 aliphatic rings. The van der Waals surface area contributed by atoms with Gasteiger partial charge in [0.05, 0.1) is 26.4 Å². The Morgan fingerprint density at radius 1 is 1.18 bits per heavy atom. The van der Waals surface area contributed by atoms with E-state index >= 15 is 0 Å². The van der Waals surface area contributed by atoms with Gasteiger partial charge in [-0.25, -0.2) is 4.79 Å². The number of benzene rings is 1. The molecular weight excluding hydrogens is 459 g/mol. The van der Waals surface area contributed by atoms with Gasteiger partial charge in [0.25, 0.3) is 0 Å². The summed E-state index contributed by atoms with van der Waals surface area (Å²) in [6.45, 7) is 1.55. The van der Waals surface area contributed by atoms with Crippen LogP contribution in [-0.4, -0.2) is 66.7 Å². The number of rotatable bonds is 4. The summed E-state index contributed by atoms with van der Waals surface area (Å²) in [7, 11) is 1.26. The molecule has 34 heavy (non-hydrogen) atoms. The van der Waals surface area contributed by atoms with Crippen LogP contribution in [0, 0.1) is 0 Å². The lowest BCUT2D eigenvalue weighted by atomic mass is 10.2. The van der Waals surface area contributed by atoms with Gasteiger partial charge in [-0.1, -0.05) is 6.92 Å². The number of anilines is 3. The Hall–Kier alpha value is -3.35. The minimum absolute atomic E-state index is 0.0277. The van der Waals surface area contributed by atoms with Crippen LogP contribution in [0.3, 0.4) is 0 Å². The number of hydrogen-bond acceptors (Lipinski definition) is 10. The number of methoxy groups -OCH3 is 1. The molecule has 1 aromatic heterocycles. The summed E-state index contributed by atoms with van der Waals surface area (Å²) >= 11 is 0. The van der Waals surface area contributed by atoms with Gasteiger partial charge in [0.15, 0.2) is 6.61 Å². The van der Waals surface area contributed by atoms with Crippen LogP contribution in [0.15, 0.2) is 18.2 Å². The number of esters is 1. The molecule has 1 aliphatic heterocycles. The van der Waals surface area contributed by atoms with Crippen molar-refractivity contribution in [1.82, 2.24) is 15.0 Å². The summed E-state index contributed by atoms with van der Waals surface area (Å²) in [4.78, 5) is 24.2. The Bertz CT molecular complexity index is 976. The molecule has 1 atom stereocenters. The monoisotopic (exact) mass is 485 g/mol. The molecule has 2 aromatic rings. The molecule has 0 aliphatic carbocycles. The molecule has 186 valence electrons. The van der Waals surface area contributed by atoms with Crippen molar-refractivity contribution in [3.63, 3.8) is 0 Å². The van der Waals surface area contributed by atoms with Crippen LogP contribution in [0.1, 0.15) is 36.5 Å². The molecule has 0 saturated carbocycles. The fourth-order valence-electron chi connectivity index (χ4n) is 2.97. The van der Waals surface area contributed by atoms with Gasteiger partial charge >= 0.3 is 18.2 Å². The summed E-state index contributed by atoms with van der Waals surface area (Å²) in [5, 5.41) is 5.95. The van der Waals surface area contributed by atoms with Crippen LogP contribution < -0.4 is 20.1 Å². The molecule has 1 unspecified atom stereocenters. The van der Waals surface area contributed by atoms with Crippen LogP contribution >= 0.6 is 0 Å². The highest BCUT2D eigenvalue weighted by atomic mass is 19.4. The van der Waals surface area contributed by atoms with E-state index in [0.717, 1.165) is 6.42 Å². The minimum Gasteiger partial charge on any atom is -0.493 e. The Morgan fingerprint density at radius 3 is 2.68 bits per heavy atom. The third kappa shape index (κ3) is 7.61. The van der Waals surface area contributed by atoms with Gasteiger partial charge in [-0.2, -0.15) is 28.1 Å². The minimum atomic E-state index is -4.56. The van der Waals surface area contributed by atoms with E-state index in [1.54, 1.807) is 12.1 Å². The number of carbonyl (C=O) groups is 1. The van der Waals surface area contributed by atoms with Gasteiger partial charge in [-0.05, 0) is 31.4 Å². The first-order valence-electron chi connectivity index (χ1n) is 10.7. The molecule has 2 N–H and O–H groups in total. The molecular formula is C21H26F3N5O5. The number of aromatic nitrogens is 3. The van der Waals surface area contributed by atoms with E-state index in [2.05, 4.69) is 25.6 Å². The maximum atomic E-state index is 12.7. The van der Waals surface area contributed by atoms with Gasteiger partial charge in [-0.15, -0.1) is 0 Å². The first-order valence-corrected chi connectivity index (χ1v) is 10.7. The Kier molecular flexibility index (Phi) is 8.68. The third-order valence-corrected chi connectivity index (χ3v) is 4.71. The molecule has 2 heterocycles. The second kappa shape index (κ2) is 11.7. The summed E-state index contributed by atoms with van der Waals surface area (Å²) in [5.41, 5.74) is 0.660. The van der Waals surface area contributed by atoms with Gasteiger partial charge in [0.1, 0.15) is 11.3 Å². The molecule has 0 fully saturated rings. The van der Waals surface area contributed by atoms with Gasteiger partial charge in [0, 0.05) is 18.4 Å². The largest absolute Gasteiger partial charge is 0.493 e. The normalized spacial score (nSPS) is 17.0. The average molecular weight is 485 g/mol. The Labute approximate surface area is 194 Å². The van der Waals surface area contributed by atoms with E-state index in [-0.39, 0.29) is 29.3 Å². The van der Waals surface area contributed by atoms with Crippen molar-refractivity contribution in [2.45, 2.75) is 38.4 Å². The topological polar surface area (TPSA) is 117 Å². The maximum Gasteiger partial charge on any atom is 0.422 e. The van der Waals surface area contributed by atoms with Crippen molar-refractivity contribution < 1.29 is 36.9 Å². The molecule has 0 amide bonds. The van der Waals surface area contributed by atoms with E-state index in [1.807, 2.05) is 6.92 Å². The molecule has 13 heteroatoms. The number of halogens is 3. The number of nitrogens with zero attached hydrogens (tertiary/aromatic N) is 3. The molecule has 0 radical (unpaired) electrons. The SMILES string of the molecule is CCC1COCCCCOc2cc(ccc2C(=O)OC)Nc2nc(nc(OCC(F)(F)F)n2)N1. The van der Waals surface area contributed by atoms with Gasteiger partial charge in [-0.3, -0.25) is 0 Å². The molecule has 0 spiro atoms. The average Bonchev–Trinajstić information content (AvgIpc) is 2.80. The van der Waals surface area contributed by atoms with Crippen LogP contribution in [0.5, 0.6) is 11.8 Å². The standard InChI is InChI=1S/C21H26F3N5O5/c1-3-13-11-32-8-4-5-9-33-16-10-14(6-7-15(16)17(30)31-2)26-19-27-18(25-13)28-20(29-19)34-12-21(22,23)24/h6-7,10,13H,3-5,8-9,11-12H2,1-2H3,(H2,25,26,27,28,29). The quantitative estimate of drug-likeness (QED) is 0.621. The second-order valence-corrected chi connectivity index (χ2v) is 7.38. The lowest BCUT2D eigenvalue weighted by molar-refractivity contribution is -0.154. The molecule has 3 rings (SSSR count). The van der Waals surface area contributed by atoms with Crippen molar-refractivity contribution in [1.29, 1.82) is 0 Å². The van der Waals surface area contributed by atoms with Crippen molar-refractivity contribution in [2.75, 3.05) is 44.2 Å². The van der Waals surface area contributed by atoms with Crippen LogP contribution in [0.4, 0.5) is 30.8 Å². The number of fused-ring (bicyclic) bond motifs is 4. The van der Waals surface area contributed by atoms with E-state index in [4.69, 9.17) is 18.9 Å². The predicted octanol–water partition coefficient (Wildman–Crippen LogP) is 3.72. The van der Waals surface area contributed by atoms with Crippen LogP contribution in [0.25, 0.3) is 0 Å². The van der Waals surface area contributed by atoms with Crippen molar-refractivity contribution in [3.8, 4) is 11.8 Å². The second-order valence-electron chi connectivity index (χ2n) is 7.38. The first kappa shape index (κ1) is 25.3. The molecule has 10 nitrogen and oxygen atoms in total. The zero-order valence-corrected chi connectivity index (χ0v) is 18.8. The van der Waals surface area contributed by atoms with Crippen LogP contribution in [-0.2, 0) is 9.47 Å². The van der Waals surface area contributed by atoms with E-state index in [9.17, 15) is 18.0 Å². The summed E-state index contributed by atoms with van der Waals surface area (Å²) in [5.74, 6) is -0.328. The Balaban J connectivity index is 1.95. The van der Waals surface area contributed by atoms with Gasteiger partial charge in [0.2, 0.25) is 11.9 Å². The molecule has 4 bridgehead atoms. The highest BCUT2D eigenvalue weighted by Crippen LogP contribution is 2.27. The smallest absolute Gasteiger partial charge is 0.422 e. The van der Waals surface area contributed by atoms with E-state index in [1.165, 1.54) is 13.2 Å². The summed E-state index contributed by atoms with van der Waals surface area (Å²) < 4.78 is 59.0. The van der Waals surface area contributed by atoms with Crippen molar-refractivity contribution in [3.05, 3.63) is 23.8 Å². The zero-order chi connectivity index (χ0) is 24.6. The molecule has 0 saturated heterocycles. The first-order chi connectivity index (χ1) is 16.3. The zero-order valence-electron chi connectivity index (χ0n) is 18.8. The highest BCUT2D eigenvalue weighted by molar-refractivity contribution is 5.93. The van der Waals surface area contributed by atoms with Crippen LogP contribution in [0.2, 0.25) is 0 Å². The van der Waals surface area contributed by atoms with Crippen molar-refractivity contribution in [2.24, 2.45) is 0 Å². The van der Waals surface area contributed by atoms with Crippen molar-refractivity contribution >= 4 is 23.6 Å². The Morgan fingerprint density at radius 2 is 1.94 bits per heavy atom. The summed E-state index contributed by atoms with van der Waals surface area (Å²) in [6.07, 6.45) is -2.47. The van der Waals surface area contributed by atoms with E-state index in [0.29, 0.717) is 38.3 Å². The molecule has 1 aromatic carbocycles. The summed E-state index contributed by atoms with van der Waals surface area (Å²) in [6, 6.07) is 3.94. The lowest BCUT2D eigenvalue weighted by Crippen LogP contribution is -2.27. The number of hydrogen-bond donors (Lipinski definition) is 2. The lowest BCUT2D eigenvalue weighted by Gasteiger charge is -2.19. The number of nitrogens with one attached hydrogen (secondary N) is 2.